The molecule has 0 aliphatic rings. The van der Waals surface area contributed by atoms with Gasteiger partial charge in [0.2, 0.25) is 0 Å². The minimum atomic E-state index is 0.512. The van der Waals surface area contributed by atoms with Crippen molar-refractivity contribution in [1.29, 1.82) is 0 Å². The lowest BCUT2D eigenvalue weighted by Crippen LogP contribution is -2.17. The molecule has 1 aromatic heterocycles. The van der Waals surface area contributed by atoms with Crippen molar-refractivity contribution in [3.63, 3.8) is 0 Å². The molecular weight excluding hydrogens is 204 g/mol. The van der Waals surface area contributed by atoms with Crippen molar-refractivity contribution >= 4 is 28.1 Å². The predicted molar refractivity (Wildman–Crippen MR) is 59.8 cm³/mol. The number of halogens is 1. The summed E-state index contributed by atoms with van der Waals surface area (Å²) in [7, 11) is 2.08. The third-order valence-electron chi connectivity index (χ3n) is 1.85. The van der Waals surface area contributed by atoms with Crippen molar-refractivity contribution in [1.82, 2.24) is 4.98 Å². The van der Waals surface area contributed by atoms with Gasteiger partial charge in [-0.2, -0.15) is 0 Å². The number of hydrogen-bond acceptors (Lipinski definition) is 3. The third kappa shape index (κ3) is 3.16. The zero-order chi connectivity index (χ0) is 9.68. The molecule has 0 N–H and O–H groups in total. The van der Waals surface area contributed by atoms with Crippen molar-refractivity contribution in [3.05, 3.63) is 11.1 Å². The molecule has 0 aliphatic carbocycles. The summed E-state index contributed by atoms with van der Waals surface area (Å²) in [5.41, 5.74) is 0.977. The van der Waals surface area contributed by atoms with Crippen LogP contribution in [0.5, 0.6) is 0 Å². The molecule has 0 radical (unpaired) electrons. The van der Waals surface area contributed by atoms with E-state index in [-0.39, 0.29) is 0 Å². The van der Waals surface area contributed by atoms with E-state index in [1.807, 2.05) is 5.38 Å². The van der Waals surface area contributed by atoms with Crippen LogP contribution in [0.25, 0.3) is 0 Å². The maximum absolute atomic E-state index is 5.67. The maximum Gasteiger partial charge on any atom is 0.185 e. The van der Waals surface area contributed by atoms with Gasteiger partial charge in [-0.05, 0) is 6.42 Å². The van der Waals surface area contributed by atoms with Gasteiger partial charge in [0, 0.05) is 19.0 Å². The van der Waals surface area contributed by atoms with Gasteiger partial charge in [-0.25, -0.2) is 4.98 Å². The largest absolute Gasteiger partial charge is 0.351 e. The lowest BCUT2D eigenvalue weighted by molar-refractivity contribution is 0.764. The molecule has 1 heterocycles. The van der Waals surface area contributed by atoms with Crippen LogP contribution in [0.1, 0.15) is 25.5 Å². The van der Waals surface area contributed by atoms with Gasteiger partial charge in [0.25, 0.3) is 0 Å². The SMILES string of the molecule is CCCCN(C)c1nc(CCl)cs1. The highest BCUT2D eigenvalue weighted by atomic mass is 35.5. The lowest BCUT2D eigenvalue weighted by atomic mass is 10.3. The molecule has 0 bridgehead atoms. The molecule has 0 saturated carbocycles. The van der Waals surface area contributed by atoms with Crippen LogP contribution < -0.4 is 4.90 Å². The number of thiazole rings is 1. The van der Waals surface area contributed by atoms with Gasteiger partial charge in [-0.1, -0.05) is 13.3 Å². The van der Waals surface area contributed by atoms with Crippen molar-refractivity contribution < 1.29 is 0 Å². The number of rotatable bonds is 5. The molecule has 0 saturated heterocycles. The zero-order valence-corrected chi connectivity index (χ0v) is 9.66. The predicted octanol–water partition coefficient (Wildman–Crippen LogP) is 3.12. The minimum absolute atomic E-state index is 0.512. The Labute approximate surface area is 88.5 Å². The summed E-state index contributed by atoms with van der Waals surface area (Å²) in [6, 6.07) is 0. The molecule has 0 fully saturated rings. The van der Waals surface area contributed by atoms with Crippen LogP contribution in [0.4, 0.5) is 5.13 Å². The van der Waals surface area contributed by atoms with Crippen molar-refractivity contribution in [2.24, 2.45) is 0 Å². The second kappa shape index (κ2) is 5.45. The summed E-state index contributed by atoms with van der Waals surface area (Å²) in [6.45, 7) is 3.27. The standard InChI is InChI=1S/C9H15ClN2S/c1-3-4-5-12(2)9-11-8(6-10)7-13-9/h7H,3-6H2,1-2H3. The fourth-order valence-corrected chi connectivity index (χ4v) is 2.07. The van der Waals surface area contributed by atoms with Crippen LogP contribution >= 0.6 is 22.9 Å². The van der Waals surface area contributed by atoms with Crippen LogP contribution in [-0.4, -0.2) is 18.6 Å². The Bertz CT molecular complexity index is 250. The fourth-order valence-electron chi connectivity index (χ4n) is 1.02. The van der Waals surface area contributed by atoms with Gasteiger partial charge >= 0.3 is 0 Å². The van der Waals surface area contributed by atoms with E-state index in [9.17, 15) is 0 Å². The van der Waals surface area contributed by atoms with Crippen molar-refractivity contribution in [2.75, 3.05) is 18.5 Å². The molecule has 1 aromatic rings. The van der Waals surface area contributed by atoms with E-state index < -0.39 is 0 Å². The summed E-state index contributed by atoms with van der Waals surface area (Å²) in [5.74, 6) is 0.512. The molecule has 0 spiro atoms. The molecule has 2 nitrogen and oxygen atoms in total. The van der Waals surface area contributed by atoms with Crippen LogP contribution in [0.3, 0.4) is 0 Å². The van der Waals surface area contributed by atoms with Gasteiger partial charge in [0.05, 0.1) is 11.6 Å². The number of nitrogens with zero attached hydrogens (tertiary/aromatic N) is 2. The summed E-state index contributed by atoms with van der Waals surface area (Å²) in [6.07, 6.45) is 2.43. The third-order valence-corrected chi connectivity index (χ3v) is 3.13. The summed E-state index contributed by atoms with van der Waals surface area (Å²) in [4.78, 5) is 6.58. The van der Waals surface area contributed by atoms with E-state index in [0.29, 0.717) is 5.88 Å². The smallest absolute Gasteiger partial charge is 0.185 e. The Morgan fingerprint density at radius 2 is 2.38 bits per heavy atom. The average Bonchev–Trinajstić information content (AvgIpc) is 2.62. The quantitative estimate of drug-likeness (QED) is 0.706. The van der Waals surface area contributed by atoms with Crippen LogP contribution in [0.15, 0.2) is 5.38 Å². The van der Waals surface area contributed by atoms with Crippen LogP contribution in [-0.2, 0) is 5.88 Å². The number of anilines is 1. The lowest BCUT2D eigenvalue weighted by Gasteiger charge is -2.14. The Kier molecular flexibility index (Phi) is 4.53. The van der Waals surface area contributed by atoms with Gasteiger partial charge in [0.1, 0.15) is 0 Å². The van der Waals surface area contributed by atoms with Crippen molar-refractivity contribution in [2.45, 2.75) is 25.6 Å². The van der Waals surface area contributed by atoms with E-state index >= 15 is 0 Å². The van der Waals surface area contributed by atoms with E-state index in [2.05, 4.69) is 23.9 Å². The highest BCUT2D eigenvalue weighted by molar-refractivity contribution is 7.13. The number of aromatic nitrogens is 1. The molecular formula is C9H15ClN2S. The number of hydrogen-bond donors (Lipinski definition) is 0. The number of alkyl halides is 1. The summed E-state index contributed by atoms with van der Waals surface area (Å²) >= 11 is 7.34. The highest BCUT2D eigenvalue weighted by Crippen LogP contribution is 2.20. The first-order valence-electron chi connectivity index (χ1n) is 4.49. The summed E-state index contributed by atoms with van der Waals surface area (Å²) in [5, 5.41) is 3.09. The Morgan fingerprint density at radius 1 is 1.62 bits per heavy atom. The first-order valence-corrected chi connectivity index (χ1v) is 5.90. The fraction of sp³-hybridized carbons (Fsp3) is 0.667. The molecule has 0 atom stereocenters. The van der Waals surface area contributed by atoms with Gasteiger partial charge < -0.3 is 4.90 Å². The molecule has 13 heavy (non-hydrogen) atoms. The Balaban J connectivity index is 2.50. The molecule has 0 unspecified atom stereocenters. The molecule has 0 aliphatic heterocycles. The second-order valence-corrected chi connectivity index (χ2v) is 4.13. The maximum atomic E-state index is 5.67. The van der Waals surface area contributed by atoms with Crippen LogP contribution in [0, 0.1) is 0 Å². The molecule has 0 amide bonds. The van der Waals surface area contributed by atoms with E-state index in [1.54, 1.807) is 11.3 Å². The van der Waals surface area contributed by atoms with Crippen LogP contribution in [0.2, 0.25) is 0 Å². The Hall–Kier alpha value is -0.280. The average molecular weight is 219 g/mol. The van der Waals surface area contributed by atoms with Gasteiger partial charge in [-0.3, -0.25) is 0 Å². The zero-order valence-electron chi connectivity index (χ0n) is 8.09. The first-order chi connectivity index (χ1) is 6.27. The Morgan fingerprint density at radius 3 is 2.92 bits per heavy atom. The van der Waals surface area contributed by atoms with E-state index in [4.69, 9.17) is 11.6 Å². The first kappa shape index (κ1) is 10.8. The van der Waals surface area contributed by atoms with Gasteiger partial charge in [-0.15, -0.1) is 22.9 Å². The monoisotopic (exact) mass is 218 g/mol. The normalized spacial score (nSPS) is 10.4. The molecule has 0 aromatic carbocycles. The van der Waals surface area contributed by atoms with Gasteiger partial charge in [0.15, 0.2) is 5.13 Å². The topological polar surface area (TPSA) is 16.1 Å². The van der Waals surface area contributed by atoms with E-state index in [0.717, 1.165) is 17.4 Å². The second-order valence-electron chi connectivity index (χ2n) is 3.03. The summed E-state index contributed by atoms with van der Waals surface area (Å²) < 4.78 is 0. The molecule has 1 rings (SSSR count). The molecule has 4 heteroatoms. The minimum Gasteiger partial charge on any atom is -0.351 e. The van der Waals surface area contributed by atoms with Crippen molar-refractivity contribution in [3.8, 4) is 0 Å². The highest BCUT2D eigenvalue weighted by Gasteiger charge is 2.05. The van der Waals surface area contributed by atoms with E-state index in [1.165, 1.54) is 12.8 Å². The molecule has 74 valence electrons. The number of unbranched alkanes of at least 4 members (excludes halogenated alkanes) is 1.